The van der Waals surface area contributed by atoms with Gasteiger partial charge in [-0.1, -0.05) is 12.1 Å². The highest BCUT2D eigenvalue weighted by atomic mass is 19.1. The molecule has 0 amide bonds. The molecule has 16 heavy (non-hydrogen) atoms. The summed E-state index contributed by atoms with van der Waals surface area (Å²) in [4.78, 5) is 10.7. The van der Waals surface area contributed by atoms with E-state index in [2.05, 4.69) is 0 Å². The van der Waals surface area contributed by atoms with Gasteiger partial charge in [0.2, 0.25) is 0 Å². The zero-order valence-electron chi connectivity index (χ0n) is 8.69. The Balaban J connectivity index is 2.30. The first kappa shape index (κ1) is 10.9. The topological polar surface area (TPSA) is 57.5 Å². The molecular weight excluding hydrogens is 211 g/mol. The van der Waals surface area contributed by atoms with Crippen LogP contribution in [0.1, 0.15) is 30.7 Å². The lowest BCUT2D eigenvalue weighted by molar-refractivity contribution is -0.137. The van der Waals surface area contributed by atoms with Crippen molar-refractivity contribution in [3.05, 3.63) is 29.6 Å². The van der Waals surface area contributed by atoms with E-state index in [1.807, 2.05) is 0 Å². The van der Waals surface area contributed by atoms with Gasteiger partial charge in [0.25, 0.3) is 0 Å². The van der Waals surface area contributed by atoms with Gasteiger partial charge in [-0.2, -0.15) is 0 Å². The Kier molecular flexibility index (Phi) is 2.81. The monoisotopic (exact) mass is 224 g/mol. The summed E-state index contributed by atoms with van der Waals surface area (Å²) in [6.45, 7) is 0. The van der Waals surface area contributed by atoms with Crippen LogP contribution in [0.4, 0.5) is 4.39 Å². The van der Waals surface area contributed by atoms with E-state index in [1.165, 1.54) is 6.07 Å². The van der Waals surface area contributed by atoms with Crippen molar-refractivity contribution in [2.75, 3.05) is 0 Å². The molecule has 1 aliphatic rings. The molecule has 2 rings (SSSR count). The lowest BCUT2D eigenvalue weighted by Crippen LogP contribution is -2.10. The Hall–Kier alpha value is -1.58. The fraction of sp³-hybridized carbons (Fsp3) is 0.417. The van der Waals surface area contributed by atoms with Crippen LogP contribution in [0.15, 0.2) is 18.2 Å². The van der Waals surface area contributed by atoms with Gasteiger partial charge in [-0.25, -0.2) is 4.39 Å². The van der Waals surface area contributed by atoms with Crippen LogP contribution in [-0.4, -0.2) is 16.2 Å². The molecule has 0 saturated heterocycles. The normalized spacial score (nSPS) is 17.1. The second-order valence-corrected chi connectivity index (χ2v) is 4.22. The highest BCUT2D eigenvalue weighted by Gasteiger charge is 2.35. The maximum Gasteiger partial charge on any atom is 0.303 e. The van der Waals surface area contributed by atoms with E-state index in [4.69, 9.17) is 5.11 Å². The largest absolute Gasteiger partial charge is 0.505 e. The number of hydrogen-bond acceptors (Lipinski definition) is 2. The van der Waals surface area contributed by atoms with Crippen molar-refractivity contribution in [1.29, 1.82) is 0 Å². The molecule has 1 aromatic rings. The second-order valence-electron chi connectivity index (χ2n) is 4.22. The molecule has 1 saturated carbocycles. The molecule has 2 N–H and O–H groups in total. The van der Waals surface area contributed by atoms with Gasteiger partial charge in [0, 0.05) is 5.92 Å². The molecule has 86 valence electrons. The van der Waals surface area contributed by atoms with Crippen LogP contribution in [0.25, 0.3) is 0 Å². The van der Waals surface area contributed by atoms with E-state index in [0.717, 1.165) is 12.8 Å². The number of hydrogen-bond donors (Lipinski definition) is 2. The third-order valence-electron chi connectivity index (χ3n) is 2.99. The Labute approximate surface area is 92.5 Å². The number of benzene rings is 1. The van der Waals surface area contributed by atoms with Gasteiger partial charge in [0.1, 0.15) is 0 Å². The Morgan fingerprint density at radius 2 is 2.19 bits per heavy atom. The van der Waals surface area contributed by atoms with Gasteiger partial charge >= 0.3 is 5.97 Å². The maximum atomic E-state index is 13.6. The van der Waals surface area contributed by atoms with Gasteiger partial charge in [-0.05, 0) is 30.4 Å². The second kappa shape index (κ2) is 4.12. The summed E-state index contributed by atoms with van der Waals surface area (Å²) < 4.78 is 13.6. The third kappa shape index (κ3) is 2.15. The molecule has 0 aromatic heterocycles. The van der Waals surface area contributed by atoms with Gasteiger partial charge in [-0.3, -0.25) is 4.79 Å². The summed E-state index contributed by atoms with van der Waals surface area (Å²) in [6.07, 6.45) is 1.80. The van der Waals surface area contributed by atoms with Gasteiger partial charge < -0.3 is 10.2 Å². The first-order valence-electron chi connectivity index (χ1n) is 5.28. The molecule has 0 radical (unpaired) electrons. The molecule has 1 aliphatic carbocycles. The number of rotatable bonds is 4. The van der Waals surface area contributed by atoms with Crippen molar-refractivity contribution in [3.8, 4) is 5.75 Å². The van der Waals surface area contributed by atoms with Crippen LogP contribution in [0.3, 0.4) is 0 Å². The molecule has 0 spiro atoms. The summed E-state index contributed by atoms with van der Waals surface area (Å²) in [6, 6.07) is 4.37. The van der Waals surface area contributed by atoms with Crippen molar-refractivity contribution >= 4 is 5.97 Å². The SMILES string of the molecule is O=C(O)C[C@H](c1cccc(O)c1F)C1CC1. The molecule has 0 bridgehead atoms. The van der Waals surface area contributed by atoms with Crippen molar-refractivity contribution in [2.45, 2.75) is 25.2 Å². The smallest absolute Gasteiger partial charge is 0.303 e. The van der Waals surface area contributed by atoms with Crippen molar-refractivity contribution in [2.24, 2.45) is 5.92 Å². The summed E-state index contributed by atoms with van der Waals surface area (Å²) in [5.41, 5.74) is 0.324. The number of phenols is 1. The molecule has 0 aliphatic heterocycles. The molecular formula is C12H13FO3. The van der Waals surface area contributed by atoms with Crippen LogP contribution >= 0.6 is 0 Å². The van der Waals surface area contributed by atoms with E-state index in [0.29, 0.717) is 5.56 Å². The van der Waals surface area contributed by atoms with Crippen molar-refractivity contribution < 1.29 is 19.4 Å². The lowest BCUT2D eigenvalue weighted by atomic mass is 9.90. The highest BCUT2D eigenvalue weighted by Crippen LogP contribution is 2.45. The van der Waals surface area contributed by atoms with Crippen LogP contribution in [0, 0.1) is 11.7 Å². The summed E-state index contributed by atoms with van der Waals surface area (Å²) in [7, 11) is 0. The Bertz CT molecular complexity index is 413. The van der Waals surface area contributed by atoms with Crippen molar-refractivity contribution in [1.82, 2.24) is 0 Å². The van der Waals surface area contributed by atoms with Crippen LogP contribution < -0.4 is 0 Å². The van der Waals surface area contributed by atoms with Gasteiger partial charge in [0.05, 0.1) is 6.42 Å². The number of aliphatic carboxylic acids is 1. The van der Waals surface area contributed by atoms with Crippen molar-refractivity contribution in [3.63, 3.8) is 0 Å². The minimum Gasteiger partial charge on any atom is -0.505 e. The number of carbonyl (C=O) groups is 1. The fourth-order valence-corrected chi connectivity index (χ4v) is 2.04. The maximum absolute atomic E-state index is 13.6. The molecule has 0 unspecified atom stereocenters. The molecule has 3 nitrogen and oxygen atoms in total. The van der Waals surface area contributed by atoms with Crippen LogP contribution in [0.2, 0.25) is 0 Å². The minimum atomic E-state index is -0.931. The summed E-state index contributed by atoms with van der Waals surface area (Å²) in [5, 5.41) is 18.1. The average molecular weight is 224 g/mol. The molecule has 0 heterocycles. The molecule has 1 fully saturated rings. The van der Waals surface area contributed by atoms with E-state index >= 15 is 0 Å². The summed E-state index contributed by atoms with van der Waals surface area (Å²) >= 11 is 0. The predicted molar refractivity (Wildman–Crippen MR) is 55.8 cm³/mol. The number of carboxylic acids is 1. The molecule has 4 heteroatoms. The van der Waals surface area contributed by atoms with E-state index in [9.17, 15) is 14.3 Å². The van der Waals surface area contributed by atoms with Gasteiger partial charge in [0.15, 0.2) is 11.6 Å². The van der Waals surface area contributed by atoms with E-state index < -0.39 is 17.5 Å². The van der Waals surface area contributed by atoms with Gasteiger partial charge in [-0.15, -0.1) is 0 Å². The highest BCUT2D eigenvalue weighted by molar-refractivity contribution is 5.68. The number of carboxylic acid groups (broad SMARTS) is 1. The fourth-order valence-electron chi connectivity index (χ4n) is 2.04. The quantitative estimate of drug-likeness (QED) is 0.826. The number of phenolic OH excluding ortho intramolecular Hbond substituents is 1. The van der Waals surface area contributed by atoms with E-state index in [1.54, 1.807) is 12.1 Å². The predicted octanol–water partition coefficient (Wildman–Crippen LogP) is 2.50. The van der Waals surface area contributed by atoms with Crippen LogP contribution in [0.5, 0.6) is 5.75 Å². The Morgan fingerprint density at radius 1 is 1.50 bits per heavy atom. The molecule has 1 atom stereocenters. The average Bonchev–Trinajstić information content (AvgIpc) is 3.02. The number of aromatic hydroxyl groups is 1. The first-order chi connectivity index (χ1) is 7.59. The molecule has 1 aromatic carbocycles. The first-order valence-corrected chi connectivity index (χ1v) is 5.28. The van der Waals surface area contributed by atoms with E-state index in [-0.39, 0.29) is 18.3 Å². The summed E-state index contributed by atoms with van der Waals surface area (Å²) in [5.74, 6) is -2.09. The standard InChI is InChI=1S/C12H13FO3/c13-12-8(2-1-3-10(12)14)9(6-11(15)16)7-4-5-7/h1-3,7,9,14H,4-6H2,(H,15,16)/t9-/m0/s1. The zero-order chi connectivity index (χ0) is 11.7. The lowest BCUT2D eigenvalue weighted by Gasteiger charge is -2.15. The minimum absolute atomic E-state index is 0.0783. The Morgan fingerprint density at radius 3 is 2.75 bits per heavy atom. The third-order valence-corrected chi connectivity index (χ3v) is 2.99. The van der Waals surface area contributed by atoms with Crippen LogP contribution in [-0.2, 0) is 4.79 Å². The zero-order valence-corrected chi connectivity index (χ0v) is 8.69. The number of halogens is 1.